The van der Waals surface area contributed by atoms with E-state index < -0.39 is 10.0 Å². The average Bonchev–Trinajstić information content (AvgIpc) is 2.64. The Kier molecular flexibility index (Phi) is 8.81. The molecule has 0 spiro atoms. The summed E-state index contributed by atoms with van der Waals surface area (Å²) in [5, 5.41) is 0. The summed E-state index contributed by atoms with van der Waals surface area (Å²) in [4.78, 5) is 17.4. The Morgan fingerprint density at radius 3 is 2.32 bits per heavy atom. The first kappa shape index (κ1) is 25.5. The molecule has 0 bridgehead atoms. The topological polar surface area (TPSA) is 69.7 Å². The predicted octanol–water partition coefficient (Wildman–Crippen LogP) is 5.00. The van der Waals surface area contributed by atoms with Crippen molar-refractivity contribution >= 4 is 27.3 Å². The van der Waals surface area contributed by atoms with Crippen LogP contribution in [-0.2, 0) is 21.4 Å². The van der Waals surface area contributed by atoms with Crippen molar-refractivity contribution in [1.29, 1.82) is 0 Å². The molecule has 1 aromatic rings. The van der Waals surface area contributed by atoms with E-state index in [9.17, 15) is 13.2 Å². The summed E-state index contributed by atoms with van der Waals surface area (Å²) in [6, 6.07) is 5.88. The molecule has 1 aliphatic rings. The van der Waals surface area contributed by atoms with E-state index in [0.29, 0.717) is 25.1 Å². The second-order valence-corrected chi connectivity index (χ2v) is 12.1. The van der Waals surface area contributed by atoms with Crippen molar-refractivity contribution < 1.29 is 13.2 Å². The van der Waals surface area contributed by atoms with Gasteiger partial charge >= 0.3 is 0 Å². The second kappa shape index (κ2) is 10.7. The van der Waals surface area contributed by atoms with Crippen molar-refractivity contribution in [3.63, 3.8) is 0 Å². The Bertz CT molecular complexity index is 838. The molecule has 1 N–H and O–H groups in total. The first-order valence-electron chi connectivity index (χ1n) is 11.5. The van der Waals surface area contributed by atoms with Gasteiger partial charge in [0.25, 0.3) is 0 Å². The molecule has 0 saturated heterocycles. The smallest absolute Gasteiger partial charge is 0.232 e. The number of rotatable bonds is 9. The SMILES string of the molecule is CCCS(=O)(=O)Nc1ccc(N(C)C)c(CN(C(=O)CC(C)(C)C)C2CCCCC2)c1. The molecule has 1 fully saturated rings. The molecule has 176 valence electrons. The molecular weight excluding hydrogens is 410 g/mol. The third-order valence-corrected chi connectivity index (χ3v) is 7.16. The second-order valence-electron chi connectivity index (χ2n) is 10.2. The zero-order valence-corrected chi connectivity index (χ0v) is 21.0. The Morgan fingerprint density at radius 2 is 1.77 bits per heavy atom. The lowest BCUT2D eigenvalue weighted by Gasteiger charge is -2.37. The number of hydrogen-bond acceptors (Lipinski definition) is 4. The number of hydrogen-bond donors (Lipinski definition) is 1. The lowest BCUT2D eigenvalue weighted by Crippen LogP contribution is -2.42. The van der Waals surface area contributed by atoms with Gasteiger partial charge in [0.2, 0.25) is 15.9 Å². The standard InChI is InChI=1S/C24H41N3O3S/c1-7-15-31(29,30)25-20-13-14-22(26(5)6)19(16-20)18-27(21-11-9-8-10-12-21)23(28)17-24(2,3)4/h13-14,16,21,25H,7-12,15,17-18H2,1-6H3. The third-order valence-electron chi connectivity index (χ3n) is 5.67. The number of carbonyl (C=O) groups excluding carboxylic acids is 1. The van der Waals surface area contributed by atoms with E-state index in [1.807, 2.05) is 38.1 Å². The van der Waals surface area contributed by atoms with Crippen LogP contribution in [0.1, 0.15) is 78.2 Å². The van der Waals surface area contributed by atoms with Crippen LogP contribution in [-0.4, -0.2) is 45.1 Å². The number of sulfonamides is 1. The Labute approximate surface area is 189 Å². The fraction of sp³-hybridized carbons (Fsp3) is 0.708. The maximum absolute atomic E-state index is 13.3. The Hall–Kier alpha value is -1.76. The normalized spacial score (nSPS) is 15.5. The van der Waals surface area contributed by atoms with Gasteiger partial charge in [-0.15, -0.1) is 0 Å². The summed E-state index contributed by atoms with van der Waals surface area (Å²) in [6.07, 6.45) is 6.68. The Morgan fingerprint density at radius 1 is 1.13 bits per heavy atom. The molecule has 7 heteroatoms. The van der Waals surface area contributed by atoms with Crippen LogP contribution in [0.15, 0.2) is 18.2 Å². The molecule has 1 saturated carbocycles. The largest absolute Gasteiger partial charge is 0.377 e. The van der Waals surface area contributed by atoms with E-state index in [1.165, 1.54) is 6.42 Å². The van der Waals surface area contributed by atoms with E-state index >= 15 is 0 Å². The van der Waals surface area contributed by atoms with E-state index in [-0.39, 0.29) is 23.1 Å². The molecule has 6 nitrogen and oxygen atoms in total. The Balaban J connectivity index is 2.38. The van der Waals surface area contributed by atoms with Gasteiger partial charge in [0.15, 0.2) is 0 Å². The quantitative estimate of drug-likeness (QED) is 0.573. The molecule has 1 amide bonds. The summed E-state index contributed by atoms with van der Waals surface area (Å²) in [6.45, 7) is 8.63. The third kappa shape index (κ3) is 8.02. The summed E-state index contributed by atoms with van der Waals surface area (Å²) >= 11 is 0. The summed E-state index contributed by atoms with van der Waals surface area (Å²) < 4.78 is 27.3. The molecule has 31 heavy (non-hydrogen) atoms. The maximum atomic E-state index is 13.3. The molecular formula is C24H41N3O3S. The number of anilines is 2. The molecule has 0 unspecified atom stereocenters. The minimum atomic E-state index is -3.37. The van der Waals surface area contributed by atoms with Crippen LogP contribution in [0, 0.1) is 5.41 Å². The number of benzene rings is 1. The van der Waals surface area contributed by atoms with Crippen LogP contribution < -0.4 is 9.62 Å². The van der Waals surface area contributed by atoms with Crippen LogP contribution in [0.2, 0.25) is 0 Å². The number of nitrogens with one attached hydrogen (secondary N) is 1. The predicted molar refractivity (Wildman–Crippen MR) is 130 cm³/mol. The van der Waals surface area contributed by atoms with E-state index in [2.05, 4.69) is 30.4 Å². The number of nitrogens with zero attached hydrogens (tertiary/aromatic N) is 2. The lowest BCUT2D eigenvalue weighted by atomic mass is 9.89. The van der Waals surface area contributed by atoms with Gasteiger partial charge in [-0.05, 0) is 48.4 Å². The molecule has 0 aromatic heterocycles. The molecule has 1 aromatic carbocycles. The molecule has 0 heterocycles. The number of amides is 1. The van der Waals surface area contributed by atoms with Gasteiger partial charge < -0.3 is 9.80 Å². The van der Waals surface area contributed by atoms with Crippen molar-refractivity contribution in [2.24, 2.45) is 5.41 Å². The van der Waals surface area contributed by atoms with Crippen LogP contribution in [0.3, 0.4) is 0 Å². The van der Waals surface area contributed by atoms with Gasteiger partial charge in [-0.1, -0.05) is 47.0 Å². The van der Waals surface area contributed by atoms with E-state index in [0.717, 1.165) is 36.9 Å². The van der Waals surface area contributed by atoms with Crippen LogP contribution in [0.5, 0.6) is 0 Å². The molecule has 1 aliphatic carbocycles. The van der Waals surface area contributed by atoms with E-state index in [1.54, 1.807) is 6.07 Å². The molecule has 0 radical (unpaired) electrons. The van der Waals surface area contributed by atoms with Gasteiger partial charge in [-0.25, -0.2) is 8.42 Å². The van der Waals surface area contributed by atoms with Gasteiger partial charge in [0, 0.05) is 44.5 Å². The fourth-order valence-corrected chi connectivity index (χ4v) is 5.39. The van der Waals surface area contributed by atoms with Crippen molar-refractivity contribution in [2.75, 3.05) is 29.5 Å². The molecule has 0 atom stereocenters. The summed E-state index contributed by atoms with van der Waals surface area (Å²) in [5.74, 6) is 0.275. The van der Waals surface area contributed by atoms with Crippen LogP contribution in [0.25, 0.3) is 0 Å². The summed E-state index contributed by atoms with van der Waals surface area (Å²) in [5.41, 5.74) is 2.45. The summed E-state index contributed by atoms with van der Waals surface area (Å²) in [7, 11) is 0.580. The van der Waals surface area contributed by atoms with Crippen molar-refractivity contribution in [3.8, 4) is 0 Å². The minimum absolute atomic E-state index is 0.0774. The molecule has 2 rings (SSSR count). The van der Waals surface area contributed by atoms with Crippen molar-refractivity contribution in [1.82, 2.24) is 4.90 Å². The first-order chi connectivity index (χ1) is 14.4. The highest BCUT2D eigenvalue weighted by atomic mass is 32.2. The van der Waals surface area contributed by atoms with Gasteiger partial charge in [0.1, 0.15) is 0 Å². The lowest BCUT2D eigenvalue weighted by molar-refractivity contribution is -0.136. The average molecular weight is 452 g/mol. The highest BCUT2D eigenvalue weighted by Gasteiger charge is 2.29. The van der Waals surface area contributed by atoms with Gasteiger partial charge in [0.05, 0.1) is 5.75 Å². The highest BCUT2D eigenvalue weighted by Crippen LogP contribution is 2.31. The maximum Gasteiger partial charge on any atom is 0.232 e. The zero-order valence-electron chi connectivity index (χ0n) is 20.2. The molecule has 0 aliphatic heterocycles. The van der Waals surface area contributed by atoms with E-state index in [4.69, 9.17) is 0 Å². The zero-order chi connectivity index (χ0) is 23.2. The van der Waals surface area contributed by atoms with Gasteiger partial charge in [-0.2, -0.15) is 0 Å². The van der Waals surface area contributed by atoms with Crippen molar-refractivity contribution in [3.05, 3.63) is 23.8 Å². The number of carbonyl (C=O) groups is 1. The highest BCUT2D eigenvalue weighted by molar-refractivity contribution is 7.92. The van der Waals surface area contributed by atoms with Gasteiger partial charge in [-0.3, -0.25) is 9.52 Å². The first-order valence-corrected chi connectivity index (χ1v) is 13.2. The van der Waals surface area contributed by atoms with Crippen molar-refractivity contribution in [2.45, 2.75) is 85.2 Å². The van der Waals surface area contributed by atoms with Crippen LogP contribution in [0.4, 0.5) is 11.4 Å². The van der Waals surface area contributed by atoms with Crippen LogP contribution >= 0.6 is 0 Å². The monoisotopic (exact) mass is 451 g/mol. The minimum Gasteiger partial charge on any atom is -0.377 e. The fourth-order valence-electron chi connectivity index (χ4n) is 4.26.